The molecule has 0 saturated carbocycles. The molecule has 5 aromatic carbocycles. The first-order chi connectivity index (χ1) is 31.1. The average molecular weight is 910 g/mol. The largest absolute Gasteiger partial charge is 0.508 e. The summed E-state index contributed by atoms with van der Waals surface area (Å²) in [6.07, 6.45) is 0.856. The van der Waals surface area contributed by atoms with Gasteiger partial charge in [-0.2, -0.15) is 0 Å². The minimum Gasteiger partial charge on any atom is -0.458 e. The number of ketones is 1. The van der Waals surface area contributed by atoms with Crippen LogP contribution in [0.2, 0.25) is 18.1 Å². The number of likely N-dealkylation sites (tertiary alicyclic amines) is 1. The zero-order valence-electron chi connectivity index (χ0n) is 37.8. The van der Waals surface area contributed by atoms with E-state index in [4.69, 9.17) is 23.1 Å². The molecular weight excluding hydrogens is 854 g/mol. The van der Waals surface area contributed by atoms with E-state index in [1.165, 1.54) is 12.2 Å². The van der Waals surface area contributed by atoms with Crippen molar-refractivity contribution < 1.29 is 42.2 Å². The summed E-state index contributed by atoms with van der Waals surface area (Å²) < 4.78 is 29.4. The molecule has 0 N–H and O–H groups in total. The Morgan fingerprint density at radius 3 is 2.06 bits per heavy atom. The molecule has 1 fully saturated rings. The Kier molecular flexibility index (Phi) is 14.0. The number of ether oxygens (including phenoxy) is 3. The van der Waals surface area contributed by atoms with Crippen LogP contribution in [-0.2, 0) is 30.0 Å². The van der Waals surface area contributed by atoms with Crippen molar-refractivity contribution in [3.63, 3.8) is 0 Å². The van der Waals surface area contributed by atoms with Crippen LogP contribution in [0.3, 0.4) is 0 Å². The standard InChI is InChI=1S/C53H56NO9PSi/c1-9-30-59-51(57)42-24-17-18-27-47(42)64(38-20-13-11-14-21-38,39-22-15-12-16-23-39)35-54-44(48(50(54)56)36(3)62-52(58)60-31-10-2)33-45(55)41-26-19-25-40-43-32-37(28-29-46(43)63-49(40)41)34-61-65(7,8)53(4,5)6/h9-29,32,35-36,44,48H,1-2,30-31,33-34H2,3-8H3/t36-,44-,48-/m1/s1. The van der Waals surface area contributed by atoms with Gasteiger partial charge in [0.2, 0.25) is 5.91 Å². The molecule has 1 saturated heterocycles. The lowest BCUT2D eigenvalue weighted by atomic mass is 9.80. The molecule has 12 heteroatoms. The van der Waals surface area contributed by atoms with Crippen LogP contribution in [0.1, 0.15) is 60.4 Å². The van der Waals surface area contributed by atoms with Crippen molar-refractivity contribution in [3.05, 3.63) is 163 Å². The predicted octanol–water partition coefficient (Wildman–Crippen LogP) is 10.3. The number of carbonyl (C=O) groups is 4. The third-order valence-electron chi connectivity index (χ3n) is 12.5. The van der Waals surface area contributed by atoms with E-state index >= 15 is 0 Å². The fraction of sp³-hybridized carbons (Fsp3) is 0.264. The first kappa shape index (κ1) is 46.7. The molecule has 0 unspecified atom stereocenters. The zero-order chi connectivity index (χ0) is 46.5. The molecule has 0 aliphatic carbocycles. The van der Waals surface area contributed by atoms with Crippen molar-refractivity contribution in [2.24, 2.45) is 5.92 Å². The number of fused-ring (bicyclic) bond motifs is 3. The third-order valence-corrected chi connectivity index (χ3v) is 21.0. The van der Waals surface area contributed by atoms with Crippen molar-refractivity contribution >= 4 is 82.8 Å². The maximum atomic E-state index is 14.9. The first-order valence-electron chi connectivity index (χ1n) is 21.7. The molecule has 0 spiro atoms. The maximum Gasteiger partial charge on any atom is 0.508 e. The number of hydrogen-bond acceptors (Lipinski definition) is 9. The summed E-state index contributed by atoms with van der Waals surface area (Å²) in [7, 11) is -2.02. The van der Waals surface area contributed by atoms with Crippen molar-refractivity contribution in [2.75, 3.05) is 13.2 Å². The van der Waals surface area contributed by atoms with E-state index < -0.39 is 45.4 Å². The molecule has 0 radical (unpaired) electrons. The Balaban J connectivity index is 1.35. The number of carbonyl (C=O) groups excluding carboxylic acids is 4. The minimum atomic E-state index is -3.10. The van der Waals surface area contributed by atoms with Crippen LogP contribution in [0.15, 0.2) is 151 Å². The van der Waals surface area contributed by atoms with Crippen molar-refractivity contribution in [1.29, 1.82) is 0 Å². The molecule has 7 rings (SSSR count). The molecule has 65 heavy (non-hydrogen) atoms. The van der Waals surface area contributed by atoms with E-state index in [9.17, 15) is 19.2 Å². The average Bonchev–Trinajstić information content (AvgIpc) is 3.68. The molecule has 1 aromatic heterocycles. The molecule has 2 heterocycles. The van der Waals surface area contributed by atoms with Gasteiger partial charge >= 0.3 is 12.1 Å². The van der Waals surface area contributed by atoms with Gasteiger partial charge in [0.25, 0.3) is 0 Å². The van der Waals surface area contributed by atoms with E-state index in [-0.39, 0.29) is 36.4 Å². The lowest BCUT2D eigenvalue weighted by Crippen LogP contribution is -2.65. The highest BCUT2D eigenvalue weighted by molar-refractivity contribution is 7.94. The fourth-order valence-electron chi connectivity index (χ4n) is 8.10. The third kappa shape index (κ3) is 9.45. The second kappa shape index (κ2) is 19.5. The van der Waals surface area contributed by atoms with Gasteiger partial charge in [0, 0.05) is 23.1 Å². The summed E-state index contributed by atoms with van der Waals surface area (Å²) in [5, 5.41) is 4.07. The maximum absolute atomic E-state index is 14.9. The number of amides is 1. The van der Waals surface area contributed by atoms with Gasteiger partial charge < -0.3 is 28.0 Å². The number of esters is 1. The molecule has 10 nitrogen and oxygen atoms in total. The molecule has 0 bridgehead atoms. The van der Waals surface area contributed by atoms with E-state index in [0.29, 0.717) is 34.2 Å². The fourth-order valence-corrected chi connectivity index (χ4v) is 13.1. The summed E-state index contributed by atoms with van der Waals surface area (Å²) in [6, 6.07) is 37.4. The quantitative estimate of drug-likeness (QED) is 0.0220. The Bertz CT molecular complexity index is 2770. The van der Waals surface area contributed by atoms with Gasteiger partial charge in [-0.3, -0.25) is 9.59 Å². The molecule has 1 aliphatic rings. The van der Waals surface area contributed by atoms with Crippen molar-refractivity contribution in [2.45, 2.75) is 71.0 Å². The molecule has 3 atom stereocenters. The second-order valence-corrected chi connectivity index (χ2v) is 25.7. The zero-order valence-corrected chi connectivity index (χ0v) is 39.7. The lowest BCUT2D eigenvalue weighted by Gasteiger charge is -2.48. The van der Waals surface area contributed by atoms with E-state index in [0.717, 1.165) is 26.9 Å². The number of nitrogens with zero attached hydrogens (tertiary/aromatic N) is 1. The number of furan rings is 1. The number of benzene rings is 5. The van der Waals surface area contributed by atoms with Crippen LogP contribution in [-0.4, -0.2) is 68.3 Å². The molecule has 1 aliphatic heterocycles. The van der Waals surface area contributed by atoms with Gasteiger partial charge in [0.15, 0.2) is 14.1 Å². The van der Waals surface area contributed by atoms with Crippen LogP contribution >= 0.6 is 6.89 Å². The number of hydrogen-bond donors (Lipinski definition) is 0. The normalized spacial score (nSPS) is 15.8. The van der Waals surface area contributed by atoms with E-state index in [1.807, 2.05) is 103 Å². The number of para-hydroxylation sites is 1. The summed E-state index contributed by atoms with van der Waals surface area (Å²) in [6.45, 7) is 17.3. The predicted molar refractivity (Wildman–Crippen MR) is 263 cm³/mol. The number of rotatable bonds is 17. The van der Waals surface area contributed by atoms with E-state index in [2.05, 4.69) is 53.1 Å². The summed E-state index contributed by atoms with van der Waals surface area (Å²) in [5.74, 6) is -0.184. The van der Waals surface area contributed by atoms with Gasteiger partial charge in [-0.15, -0.1) is 0 Å². The van der Waals surface area contributed by atoms with E-state index in [1.54, 1.807) is 30.0 Å². The Morgan fingerprint density at radius 1 is 0.800 bits per heavy atom. The highest BCUT2D eigenvalue weighted by Gasteiger charge is 2.52. The minimum absolute atomic E-state index is 0.00729. The lowest BCUT2D eigenvalue weighted by molar-refractivity contribution is -0.154. The Hall–Kier alpha value is -6.26. The van der Waals surface area contributed by atoms with Gasteiger partial charge in [-0.1, -0.05) is 143 Å². The second-order valence-electron chi connectivity index (χ2n) is 17.7. The van der Waals surface area contributed by atoms with Gasteiger partial charge in [-0.25, -0.2) is 9.59 Å². The van der Waals surface area contributed by atoms with Gasteiger partial charge in [0.1, 0.15) is 30.5 Å². The van der Waals surface area contributed by atoms with Crippen LogP contribution in [0, 0.1) is 5.92 Å². The van der Waals surface area contributed by atoms with Gasteiger partial charge in [0.05, 0.1) is 29.7 Å². The molecular formula is C53H56NO9PSi. The SMILES string of the molecule is C=CCOC(=O)O[C@H](C)[C@H]1C(=O)N(C=P(c2ccccc2)(c2ccccc2)c2ccccc2C(=O)OCC=C)[C@@H]1CC(=O)c1cccc2c1oc1ccc(CO[Si](C)(C)C(C)(C)C)cc12. The van der Waals surface area contributed by atoms with Crippen LogP contribution < -0.4 is 15.9 Å². The number of β-lactam (4-membered cyclic amide) rings is 1. The summed E-state index contributed by atoms with van der Waals surface area (Å²) in [4.78, 5) is 58.0. The summed E-state index contributed by atoms with van der Waals surface area (Å²) >= 11 is 0. The first-order valence-corrected chi connectivity index (χ1v) is 26.5. The highest BCUT2D eigenvalue weighted by Crippen LogP contribution is 2.48. The Labute approximate surface area is 381 Å². The van der Waals surface area contributed by atoms with Crippen molar-refractivity contribution in [3.8, 4) is 0 Å². The smallest absolute Gasteiger partial charge is 0.458 e. The van der Waals surface area contributed by atoms with Crippen LogP contribution in [0.4, 0.5) is 4.79 Å². The monoisotopic (exact) mass is 909 g/mol. The topological polar surface area (TPSA) is 122 Å². The molecule has 6 aromatic rings. The molecule has 1 amide bonds. The van der Waals surface area contributed by atoms with Crippen LogP contribution in [0.25, 0.3) is 21.9 Å². The summed E-state index contributed by atoms with van der Waals surface area (Å²) in [5.41, 5.74) is 2.76. The van der Waals surface area contributed by atoms with Gasteiger partial charge in [-0.05, 0) is 77.7 Å². The Morgan fingerprint density at radius 2 is 1.42 bits per heavy atom. The molecule has 336 valence electrons. The van der Waals surface area contributed by atoms with Crippen molar-refractivity contribution in [1.82, 2.24) is 4.90 Å². The highest BCUT2D eigenvalue weighted by atomic mass is 31.2. The van der Waals surface area contributed by atoms with Crippen LogP contribution in [0.5, 0.6) is 0 Å². The number of Topliss-reactive ketones (excluding diaryl/α,β-unsaturated/α-hetero) is 1.